The SMILES string of the molecule is COc1cc2c(cc1Nc1ncc3cnn(CC4CC(NC(C)=O)C4)c3n1)CN(C)CC2. The summed E-state index contributed by atoms with van der Waals surface area (Å²) in [5.74, 6) is 1.83. The van der Waals surface area contributed by atoms with Gasteiger partial charge >= 0.3 is 0 Å². The Morgan fingerprint density at radius 2 is 2.09 bits per heavy atom. The van der Waals surface area contributed by atoms with Crippen LogP contribution in [-0.4, -0.2) is 57.3 Å². The lowest BCUT2D eigenvalue weighted by molar-refractivity contribution is -0.120. The molecule has 1 aromatic carbocycles. The Labute approximate surface area is 187 Å². The summed E-state index contributed by atoms with van der Waals surface area (Å²) in [4.78, 5) is 22.8. The molecule has 1 aliphatic carbocycles. The zero-order valence-electron chi connectivity index (χ0n) is 18.8. The molecule has 5 rings (SSSR count). The van der Waals surface area contributed by atoms with Gasteiger partial charge in [-0.3, -0.25) is 4.79 Å². The third-order valence-corrected chi connectivity index (χ3v) is 6.42. The Hall–Kier alpha value is -3.20. The zero-order chi connectivity index (χ0) is 22.2. The number of carbonyl (C=O) groups excluding carboxylic acids is 1. The van der Waals surface area contributed by atoms with Gasteiger partial charge in [-0.15, -0.1) is 0 Å². The second-order valence-corrected chi connectivity index (χ2v) is 8.97. The molecule has 0 bridgehead atoms. The minimum Gasteiger partial charge on any atom is -0.495 e. The molecule has 2 aromatic heterocycles. The fourth-order valence-electron chi connectivity index (χ4n) is 4.71. The maximum absolute atomic E-state index is 11.2. The van der Waals surface area contributed by atoms with Gasteiger partial charge < -0.3 is 20.3 Å². The third-order valence-electron chi connectivity index (χ3n) is 6.42. The number of methoxy groups -OCH3 is 1. The first-order valence-corrected chi connectivity index (χ1v) is 11.1. The minimum atomic E-state index is 0.0331. The third kappa shape index (κ3) is 4.12. The van der Waals surface area contributed by atoms with Gasteiger partial charge in [-0.2, -0.15) is 10.1 Å². The van der Waals surface area contributed by atoms with E-state index in [-0.39, 0.29) is 11.9 Å². The van der Waals surface area contributed by atoms with Crippen LogP contribution in [0.3, 0.4) is 0 Å². The van der Waals surface area contributed by atoms with Crippen molar-refractivity contribution >= 4 is 28.6 Å². The van der Waals surface area contributed by atoms with E-state index in [2.05, 4.69) is 44.8 Å². The second kappa shape index (κ2) is 8.38. The molecule has 1 fully saturated rings. The average Bonchev–Trinajstić information content (AvgIpc) is 3.13. The van der Waals surface area contributed by atoms with Crippen LogP contribution >= 0.6 is 0 Å². The Kier molecular flexibility index (Phi) is 5.42. The molecule has 1 amide bonds. The van der Waals surface area contributed by atoms with Crippen molar-refractivity contribution in [3.05, 3.63) is 35.7 Å². The van der Waals surface area contributed by atoms with E-state index in [0.29, 0.717) is 11.9 Å². The molecular weight excluding hydrogens is 406 g/mol. The predicted octanol–water partition coefficient (Wildman–Crippen LogP) is 2.48. The molecule has 3 aromatic rings. The van der Waals surface area contributed by atoms with Gasteiger partial charge in [0.25, 0.3) is 0 Å². The van der Waals surface area contributed by atoms with Crippen LogP contribution in [0, 0.1) is 5.92 Å². The number of fused-ring (bicyclic) bond motifs is 2. The zero-order valence-corrected chi connectivity index (χ0v) is 18.8. The normalized spacial score (nSPS) is 20.5. The van der Waals surface area contributed by atoms with Crippen molar-refractivity contribution < 1.29 is 9.53 Å². The number of rotatable bonds is 6. The molecule has 9 nitrogen and oxygen atoms in total. The Bertz CT molecular complexity index is 1150. The van der Waals surface area contributed by atoms with E-state index in [1.165, 1.54) is 11.1 Å². The first-order chi connectivity index (χ1) is 15.5. The van der Waals surface area contributed by atoms with Crippen LogP contribution in [0.5, 0.6) is 5.75 Å². The van der Waals surface area contributed by atoms with E-state index in [1.807, 2.05) is 4.68 Å². The number of nitrogens with one attached hydrogen (secondary N) is 2. The first kappa shape index (κ1) is 20.7. The van der Waals surface area contributed by atoms with Crippen molar-refractivity contribution in [1.29, 1.82) is 0 Å². The molecule has 1 aliphatic heterocycles. The molecule has 168 valence electrons. The van der Waals surface area contributed by atoms with Gasteiger partial charge in [-0.05, 0) is 55.5 Å². The van der Waals surface area contributed by atoms with Crippen molar-refractivity contribution in [2.45, 2.75) is 45.3 Å². The van der Waals surface area contributed by atoms with Crippen LogP contribution in [-0.2, 0) is 24.3 Å². The lowest BCUT2D eigenvalue weighted by Crippen LogP contribution is -2.44. The van der Waals surface area contributed by atoms with E-state index in [9.17, 15) is 4.79 Å². The number of anilines is 2. The van der Waals surface area contributed by atoms with Crippen LogP contribution in [0.4, 0.5) is 11.6 Å². The summed E-state index contributed by atoms with van der Waals surface area (Å²) in [6.07, 6.45) is 6.57. The summed E-state index contributed by atoms with van der Waals surface area (Å²) in [5, 5.41) is 11.8. The van der Waals surface area contributed by atoms with E-state index < -0.39 is 0 Å². The highest BCUT2D eigenvalue weighted by Gasteiger charge is 2.30. The highest BCUT2D eigenvalue weighted by atomic mass is 16.5. The van der Waals surface area contributed by atoms with Crippen LogP contribution in [0.25, 0.3) is 11.0 Å². The molecule has 0 atom stereocenters. The second-order valence-electron chi connectivity index (χ2n) is 8.97. The van der Waals surface area contributed by atoms with Crippen molar-refractivity contribution in [1.82, 2.24) is 30.0 Å². The number of benzene rings is 1. The summed E-state index contributed by atoms with van der Waals surface area (Å²) in [6, 6.07) is 4.54. The molecule has 0 radical (unpaired) electrons. The fraction of sp³-hybridized carbons (Fsp3) is 0.478. The van der Waals surface area contributed by atoms with Gasteiger partial charge in [0, 0.05) is 38.8 Å². The Morgan fingerprint density at radius 1 is 1.25 bits per heavy atom. The van der Waals surface area contributed by atoms with Crippen molar-refractivity contribution in [3.63, 3.8) is 0 Å². The molecule has 0 unspecified atom stereocenters. The van der Waals surface area contributed by atoms with Crippen LogP contribution < -0.4 is 15.4 Å². The lowest BCUT2D eigenvalue weighted by Gasteiger charge is -2.35. The number of ether oxygens (including phenoxy) is 1. The summed E-state index contributed by atoms with van der Waals surface area (Å²) < 4.78 is 7.58. The van der Waals surface area contributed by atoms with Gasteiger partial charge in [0.1, 0.15) is 5.75 Å². The van der Waals surface area contributed by atoms with Crippen LogP contribution in [0.2, 0.25) is 0 Å². The molecule has 0 spiro atoms. The lowest BCUT2D eigenvalue weighted by atomic mass is 9.80. The fourth-order valence-corrected chi connectivity index (χ4v) is 4.71. The predicted molar refractivity (Wildman–Crippen MR) is 122 cm³/mol. The van der Waals surface area contributed by atoms with Gasteiger partial charge in [-0.1, -0.05) is 0 Å². The summed E-state index contributed by atoms with van der Waals surface area (Å²) in [5.41, 5.74) is 4.30. The molecule has 3 heterocycles. The minimum absolute atomic E-state index is 0.0331. The van der Waals surface area contributed by atoms with Crippen molar-refractivity contribution in [2.24, 2.45) is 5.92 Å². The largest absolute Gasteiger partial charge is 0.495 e. The van der Waals surface area contributed by atoms with Gasteiger partial charge in [-0.25, -0.2) is 9.67 Å². The molecule has 0 saturated heterocycles. The van der Waals surface area contributed by atoms with Gasteiger partial charge in [0.15, 0.2) is 5.65 Å². The topological polar surface area (TPSA) is 97.2 Å². The molecule has 2 aliphatic rings. The number of carbonyl (C=O) groups is 1. The van der Waals surface area contributed by atoms with E-state index in [4.69, 9.17) is 9.72 Å². The highest BCUT2D eigenvalue weighted by Crippen LogP contribution is 2.33. The van der Waals surface area contributed by atoms with Gasteiger partial charge in [0.05, 0.1) is 24.4 Å². The number of hydrogen-bond donors (Lipinski definition) is 2. The number of aromatic nitrogens is 4. The first-order valence-electron chi connectivity index (χ1n) is 11.1. The maximum Gasteiger partial charge on any atom is 0.229 e. The number of hydrogen-bond acceptors (Lipinski definition) is 7. The molecule has 1 saturated carbocycles. The summed E-state index contributed by atoms with van der Waals surface area (Å²) >= 11 is 0. The van der Waals surface area contributed by atoms with Crippen LogP contribution in [0.1, 0.15) is 30.9 Å². The van der Waals surface area contributed by atoms with E-state index in [1.54, 1.807) is 26.4 Å². The molecular formula is C23H29N7O2. The standard InChI is InChI=1S/C23H29N7O2/c1-14(31)26-19-6-15(7-19)12-30-22-18(11-25-30)10-24-23(28-22)27-20-8-17-13-29(2)5-4-16(17)9-21(20)32-3/h8-11,15,19H,4-7,12-13H2,1-3H3,(H,26,31)(H,24,27,28). The van der Waals surface area contributed by atoms with Crippen molar-refractivity contribution in [2.75, 3.05) is 26.0 Å². The van der Waals surface area contributed by atoms with Gasteiger partial charge in [0.2, 0.25) is 11.9 Å². The van der Waals surface area contributed by atoms with E-state index >= 15 is 0 Å². The van der Waals surface area contributed by atoms with Crippen LogP contribution in [0.15, 0.2) is 24.5 Å². The number of amides is 1. The van der Waals surface area contributed by atoms with Crippen molar-refractivity contribution in [3.8, 4) is 5.75 Å². The smallest absolute Gasteiger partial charge is 0.229 e. The van der Waals surface area contributed by atoms with E-state index in [0.717, 1.165) is 61.4 Å². The molecule has 2 N–H and O–H groups in total. The monoisotopic (exact) mass is 435 g/mol. The number of likely N-dealkylation sites (N-methyl/N-ethyl adjacent to an activating group) is 1. The maximum atomic E-state index is 11.2. The highest BCUT2D eigenvalue weighted by molar-refractivity contribution is 5.76. The summed E-state index contributed by atoms with van der Waals surface area (Å²) in [6.45, 7) is 4.32. The Balaban J connectivity index is 1.35. The average molecular weight is 436 g/mol. The quantitative estimate of drug-likeness (QED) is 0.614. The summed E-state index contributed by atoms with van der Waals surface area (Å²) in [7, 11) is 3.83. The molecule has 9 heteroatoms. The Morgan fingerprint density at radius 3 is 2.88 bits per heavy atom. The molecule has 32 heavy (non-hydrogen) atoms. The number of nitrogens with zero attached hydrogens (tertiary/aromatic N) is 5.